The van der Waals surface area contributed by atoms with Crippen LogP contribution in [-0.2, 0) is 14.4 Å². The summed E-state index contributed by atoms with van der Waals surface area (Å²) in [7, 11) is 3.39. The minimum absolute atomic E-state index is 0.0489. The largest absolute Gasteiger partial charge is 0.353 e. The second-order valence-electron chi connectivity index (χ2n) is 5.71. The molecular weight excluding hydrogens is 314 g/mol. The molecule has 0 fully saturated rings. The van der Waals surface area contributed by atoms with Gasteiger partial charge in [-0.1, -0.05) is 12.8 Å². The molecule has 23 heavy (non-hydrogen) atoms. The Kier molecular flexibility index (Phi) is 12.7. The molecule has 0 heterocycles. The number of ketones is 1. The normalized spacial score (nSPS) is 11.8. The van der Waals surface area contributed by atoms with Gasteiger partial charge in [0.05, 0.1) is 0 Å². The van der Waals surface area contributed by atoms with E-state index in [9.17, 15) is 14.4 Å². The highest BCUT2D eigenvalue weighted by atomic mass is 32.1. The Bertz CT molecular complexity index is 378. The van der Waals surface area contributed by atoms with E-state index in [-0.39, 0.29) is 24.0 Å². The third kappa shape index (κ3) is 10.3. The lowest BCUT2D eigenvalue weighted by Crippen LogP contribution is -2.49. The van der Waals surface area contributed by atoms with Crippen LogP contribution in [0.1, 0.15) is 45.4 Å². The fourth-order valence-electron chi connectivity index (χ4n) is 2.20. The molecule has 0 bridgehead atoms. The Hall–Kier alpha value is -1.08. The van der Waals surface area contributed by atoms with Gasteiger partial charge < -0.3 is 15.5 Å². The van der Waals surface area contributed by atoms with Crippen LogP contribution in [0.3, 0.4) is 0 Å². The van der Waals surface area contributed by atoms with Gasteiger partial charge in [0.15, 0.2) is 0 Å². The van der Waals surface area contributed by atoms with Gasteiger partial charge in [0, 0.05) is 33.0 Å². The number of likely N-dealkylation sites (N-methyl/N-ethyl adjacent to an activating group) is 2. The van der Waals surface area contributed by atoms with Gasteiger partial charge in [0.25, 0.3) is 0 Å². The smallest absolute Gasteiger partial charge is 0.243 e. The molecule has 1 atom stereocenters. The highest BCUT2D eigenvalue weighted by Gasteiger charge is 2.27. The van der Waals surface area contributed by atoms with E-state index >= 15 is 0 Å². The molecule has 0 aliphatic rings. The van der Waals surface area contributed by atoms with Gasteiger partial charge in [-0.2, -0.15) is 12.6 Å². The standard InChI is InChI=1S/C16H31N3O3S/c1-13(20)12-14(16(22)18-10-9-17-2)19(3)15(21)8-6-4-5-7-11-23/h14,17,23H,4-12H2,1-3H3,(H,18,22). The molecule has 0 rings (SSSR count). The van der Waals surface area contributed by atoms with E-state index in [0.29, 0.717) is 19.5 Å². The van der Waals surface area contributed by atoms with Gasteiger partial charge in [0.1, 0.15) is 11.8 Å². The summed E-state index contributed by atoms with van der Waals surface area (Å²) in [5.41, 5.74) is 0. The Labute approximate surface area is 145 Å². The van der Waals surface area contributed by atoms with E-state index in [0.717, 1.165) is 31.4 Å². The van der Waals surface area contributed by atoms with E-state index in [1.54, 1.807) is 14.1 Å². The van der Waals surface area contributed by atoms with Crippen LogP contribution in [0, 0.1) is 0 Å². The lowest BCUT2D eigenvalue weighted by atomic mass is 10.1. The Morgan fingerprint density at radius 3 is 2.30 bits per heavy atom. The van der Waals surface area contributed by atoms with Crippen molar-refractivity contribution in [2.75, 3.05) is 32.9 Å². The fraction of sp³-hybridized carbons (Fsp3) is 0.812. The fourth-order valence-corrected chi connectivity index (χ4v) is 2.42. The number of nitrogens with zero attached hydrogens (tertiary/aromatic N) is 1. The van der Waals surface area contributed by atoms with E-state index in [1.165, 1.54) is 11.8 Å². The first-order valence-corrected chi connectivity index (χ1v) is 8.85. The molecule has 0 radical (unpaired) electrons. The number of unbranched alkanes of at least 4 members (excludes halogenated alkanes) is 3. The first-order chi connectivity index (χ1) is 10.9. The van der Waals surface area contributed by atoms with E-state index in [2.05, 4.69) is 23.3 Å². The molecule has 7 heteroatoms. The van der Waals surface area contributed by atoms with Crippen LogP contribution in [-0.4, -0.2) is 61.5 Å². The summed E-state index contributed by atoms with van der Waals surface area (Å²) >= 11 is 4.16. The van der Waals surface area contributed by atoms with Crippen LogP contribution < -0.4 is 10.6 Å². The molecule has 1 unspecified atom stereocenters. The predicted molar refractivity (Wildman–Crippen MR) is 95.7 cm³/mol. The lowest BCUT2D eigenvalue weighted by molar-refractivity contribution is -0.140. The third-order valence-corrected chi connectivity index (χ3v) is 3.93. The quantitative estimate of drug-likeness (QED) is 0.344. The van der Waals surface area contributed by atoms with Crippen LogP contribution >= 0.6 is 12.6 Å². The van der Waals surface area contributed by atoms with Crippen LogP contribution in [0.4, 0.5) is 0 Å². The molecule has 134 valence electrons. The van der Waals surface area contributed by atoms with Gasteiger partial charge in [0.2, 0.25) is 11.8 Å². The van der Waals surface area contributed by atoms with Crippen molar-refractivity contribution in [3.05, 3.63) is 0 Å². The van der Waals surface area contributed by atoms with Crippen molar-refractivity contribution >= 4 is 30.2 Å². The summed E-state index contributed by atoms with van der Waals surface area (Å²) in [4.78, 5) is 37.3. The minimum atomic E-state index is -0.728. The highest BCUT2D eigenvalue weighted by Crippen LogP contribution is 2.10. The van der Waals surface area contributed by atoms with E-state index < -0.39 is 6.04 Å². The van der Waals surface area contributed by atoms with Crippen LogP contribution in [0.2, 0.25) is 0 Å². The van der Waals surface area contributed by atoms with Gasteiger partial charge in [-0.3, -0.25) is 14.4 Å². The zero-order valence-corrected chi connectivity index (χ0v) is 15.5. The van der Waals surface area contributed by atoms with Crippen molar-refractivity contribution in [3.8, 4) is 0 Å². The SMILES string of the molecule is CNCCNC(=O)C(CC(C)=O)N(C)C(=O)CCCCCCS. The van der Waals surface area contributed by atoms with Gasteiger partial charge in [-0.25, -0.2) is 0 Å². The molecule has 0 aromatic carbocycles. The average Bonchev–Trinajstić information content (AvgIpc) is 2.51. The number of hydrogen-bond acceptors (Lipinski definition) is 5. The Morgan fingerprint density at radius 1 is 1.09 bits per heavy atom. The maximum atomic E-state index is 12.2. The van der Waals surface area contributed by atoms with Crippen LogP contribution in [0.25, 0.3) is 0 Å². The van der Waals surface area contributed by atoms with Crippen molar-refractivity contribution in [1.82, 2.24) is 15.5 Å². The molecule has 2 amide bonds. The van der Waals surface area contributed by atoms with E-state index in [4.69, 9.17) is 0 Å². The van der Waals surface area contributed by atoms with Crippen molar-refractivity contribution in [2.45, 2.75) is 51.5 Å². The highest BCUT2D eigenvalue weighted by molar-refractivity contribution is 7.80. The molecule has 0 aliphatic heterocycles. The molecule has 6 nitrogen and oxygen atoms in total. The summed E-state index contributed by atoms with van der Waals surface area (Å²) in [6.07, 6.45) is 4.33. The molecule has 0 saturated heterocycles. The topological polar surface area (TPSA) is 78.5 Å². The van der Waals surface area contributed by atoms with Gasteiger partial charge >= 0.3 is 0 Å². The van der Waals surface area contributed by atoms with E-state index in [1.807, 2.05) is 0 Å². The lowest BCUT2D eigenvalue weighted by Gasteiger charge is -2.26. The number of thiol groups is 1. The Balaban J connectivity index is 4.47. The van der Waals surface area contributed by atoms with Gasteiger partial charge in [-0.05, 0) is 32.6 Å². The Morgan fingerprint density at radius 2 is 1.74 bits per heavy atom. The van der Waals surface area contributed by atoms with Crippen molar-refractivity contribution in [3.63, 3.8) is 0 Å². The van der Waals surface area contributed by atoms with Gasteiger partial charge in [-0.15, -0.1) is 0 Å². The molecule has 0 spiro atoms. The number of amides is 2. The summed E-state index contributed by atoms with van der Waals surface area (Å²) in [6.45, 7) is 2.54. The second-order valence-corrected chi connectivity index (χ2v) is 6.16. The maximum absolute atomic E-state index is 12.2. The zero-order valence-electron chi connectivity index (χ0n) is 14.6. The first-order valence-electron chi connectivity index (χ1n) is 8.22. The van der Waals surface area contributed by atoms with Crippen LogP contribution in [0.15, 0.2) is 0 Å². The number of Topliss-reactive ketones (excluding diaryl/α,β-unsaturated/α-hetero) is 1. The average molecular weight is 346 g/mol. The van der Waals surface area contributed by atoms with Crippen molar-refractivity contribution in [1.29, 1.82) is 0 Å². The summed E-state index contributed by atoms with van der Waals surface area (Å²) in [5, 5.41) is 5.68. The number of hydrogen-bond donors (Lipinski definition) is 3. The molecule has 0 aromatic heterocycles. The molecule has 0 saturated carbocycles. The maximum Gasteiger partial charge on any atom is 0.243 e. The summed E-state index contributed by atoms with van der Waals surface area (Å²) < 4.78 is 0. The summed E-state index contributed by atoms with van der Waals surface area (Å²) in [6, 6.07) is -0.728. The summed E-state index contributed by atoms with van der Waals surface area (Å²) in [5.74, 6) is 0.390. The predicted octanol–water partition coefficient (Wildman–Crippen LogP) is 1.01. The number of nitrogens with one attached hydrogen (secondary N) is 2. The van der Waals surface area contributed by atoms with Crippen molar-refractivity contribution < 1.29 is 14.4 Å². The minimum Gasteiger partial charge on any atom is -0.353 e. The second kappa shape index (κ2) is 13.4. The molecule has 2 N–H and O–H groups in total. The molecular formula is C16H31N3O3S. The number of rotatable bonds is 13. The number of carbonyl (C=O) groups is 3. The third-order valence-electron chi connectivity index (χ3n) is 3.62. The van der Waals surface area contributed by atoms with Crippen molar-refractivity contribution in [2.24, 2.45) is 0 Å². The zero-order chi connectivity index (χ0) is 17.7. The monoisotopic (exact) mass is 345 g/mol. The molecule has 0 aliphatic carbocycles. The number of carbonyl (C=O) groups excluding carboxylic acids is 3. The first kappa shape index (κ1) is 21.9. The van der Waals surface area contributed by atoms with Crippen LogP contribution in [0.5, 0.6) is 0 Å². The molecule has 0 aromatic rings.